The molecule has 0 fully saturated rings. The van der Waals surface area contributed by atoms with Gasteiger partial charge in [-0.25, -0.2) is 4.98 Å². The van der Waals surface area contributed by atoms with E-state index in [0.29, 0.717) is 34.0 Å². The van der Waals surface area contributed by atoms with Crippen LogP contribution in [0.1, 0.15) is 31.7 Å². The van der Waals surface area contributed by atoms with Gasteiger partial charge in [-0.2, -0.15) is 0 Å². The molecule has 0 aliphatic rings. The highest BCUT2D eigenvalue weighted by Crippen LogP contribution is 2.20. The molecule has 0 saturated heterocycles. The topological polar surface area (TPSA) is 78.1 Å². The van der Waals surface area contributed by atoms with Crippen molar-refractivity contribution in [1.29, 1.82) is 0 Å². The first-order valence-electron chi connectivity index (χ1n) is 9.65. The van der Waals surface area contributed by atoms with Crippen LogP contribution < -0.4 is 10.9 Å². The summed E-state index contributed by atoms with van der Waals surface area (Å²) >= 11 is 6.14. The molecule has 29 heavy (non-hydrogen) atoms. The lowest BCUT2D eigenvalue weighted by Gasteiger charge is -2.27. The van der Waals surface area contributed by atoms with E-state index in [4.69, 9.17) is 11.6 Å². The van der Waals surface area contributed by atoms with E-state index in [0.717, 1.165) is 12.0 Å². The van der Waals surface area contributed by atoms with Crippen LogP contribution >= 0.6 is 11.6 Å². The molecular formula is C22H25ClN4O2. The van der Waals surface area contributed by atoms with Crippen molar-refractivity contribution in [2.75, 3.05) is 11.9 Å². The van der Waals surface area contributed by atoms with E-state index in [2.05, 4.69) is 29.1 Å². The van der Waals surface area contributed by atoms with Gasteiger partial charge >= 0.3 is 0 Å². The second-order valence-corrected chi connectivity index (χ2v) is 7.61. The first-order valence-corrected chi connectivity index (χ1v) is 10.0. The van der Waals surface area contributed by atoms with Crippen molar-refractivity contribution in [2.45, 2.75) is 39.8 Å². The van der Waals surface area contributed by atoms with Crippen molar-refractivity contribution >= 4 is 34.1 Å². The molecule has 152 valence electrons. The minimum atomic E-state index is -0.173. The number of hydrogen-bond donors (Lipinski definition) is 2. The summed E-state index contributed by atoms with van der Waals surface area (Å²) in [6.07, 6.45) is 0.863. The van der Waals surface area contributed by atoms with Gasteiger partial charge in [-0.05, 0) is 50.1 Å². The molecule has 6 nitrogen and oxygen atoms in total. The third-order valence-electron chi connectivity index (χ3n) is 5.03. The fraction of sp³-hybridized carbons (Fsp3) is 0.318. The quantitative estimate of drug-likeness (QED) is 0.611. The second kappa shape index (κ2) is 9.20. The number of anilines is 1. The molecule has 0 aliphatic carbocycles. The van der Waals surface area contributed by atoms with Crippen LogP contribution in [0.25, 0.3) is 10.9 Å². The van der Waals surface area contributed by atoms with E-state index in [1.807, 2.05) is 42.2 Å². The molecule has 0 aliphatic heterocycles. The predicted octanol–water partition coefficient (Wildman–Crippen LogP) is 4.12. The average molecular weight is 413 g/mol. The minimum Gasteiger partial charge on any atom is -0.325 e. The fourth-order valence-corrected chi connectivity index (χ4v) is 3.26. The summed E-state index contributed by atoms with van der Waals surface area (Å²) in [6.45, 7) is 6.57. The lowest BCUT2D eigenvalue weighted by molar-refractivity contribution is -0.118. The van der Waals surface area contributed by atoms with Crippen molar-refractivity contribution in [3.8, 4) is 0 Å². The summed E-state index contributed by atoms with van der Waals surface area (Å²) < 4.78 is 0. The van der Waals surface area contributed by atoms with E-state index < -0.39 is 0 Å². The van der Waals surface area contributed by atoms with Crippen LogP contribution in [0.15, 0.2) is 47.3 Å². The Morgan fingerprint density at radius 2 is 2.03 bits per heavy atom. The lowest BCUT2D eigenvalue weighted by atomic mass is 10.2. The molecule has 0 bridgehead atoms. The zero-order chi connectivity index (χ0) is 21.0. The zero-order valence-corrected chi connectivity index (χ0v) is 17.6. The van der Waals surface area contributed by atoms with Gasteiger partial charge in [-0.3, -0.25) is 14.5 Å². The van der Waals surface area contributed by atoms with Gasteiger partial charge in [0.15, 0.2) is 0 Å². The van der Waals surface area contributed by atoms with Crippen molar-refractivity contribution in [3.63, 3.8) is 0 Å². The molecule has 3 aromatic rings. The number of carbonyl (C=O) groups excluding carboxylic acids is 1. The smallest absolute Gasteiger partial charge is 0.258 e. The standard InChI is InChI=1S/C22H25ClN4O2/c1-4-15(3)27(13-21(28)24-16-10-9-14(2)18(23)11-16)12-20-25-19-8-6-5-7-17(19)22(29)26-20/h5-11,15H,4,12-13H2,1-3H3,(H,24,28)(H,25,26,29). The van der Waals surface area contributed by atoms with E-state index in [9.17, 15) is 9.59 Å². The number of fused-ring (bicyclic) bond motifs is 1. The molecule has 0 radical (unpaired) electrons. The monoisotopic (exact) mass is 412 g/mol. The van der Waals surface area contributed by atoms with E-state index in [1.165, 1.54) is 0 Å². The molecule has 1 amide bonds. The number of nitrogens with zero attached hydrogens (tertiary/aromatic N) is 2. The summed E-state index contributed by atoms with van der Waals surface area (Å²) in [5.74, 6) is 0.397. The minimum absolute atomic E-state index is 0.138. The van der Waals surface area contributed by atoms with Gasteiger partial charge in [0, 0.05) is 16.8 Å². The number of para-hydroxylation sites is 1. The van der Waals surface area contributed by atoms with Crippen LogP contribution in [-0.2, 0) is 11.3 Å². The largest absolute Gasteiger partial charge is 0.325 e. The molecule has 1 aromatic heterocycles. The molecular weight excluding hydrogens is 388 g/mol. The summed E-state index contributed by atoms with van der Waals surface area (Å²) in [5, 5.41) is 4.06. The lowest BCUT2D eigenvalue weighted by Crippen LogP contribution is -2.39. The van der Waals surface area contributed by atoms with E-state index in [-0.39, 0.29) is 24.1 Å². The van der Waals surface area contributed by atoms with Crippen molar-refractivity contribution in [3.05, 3.63) is 69.2 Å². The number of nitrogens with one attached hydrogen (secondary N) is 2. The van der Waals surface area contributed by atoms with Crippen LogP contribution in [0.2, 0.25) is 5.02 Å². The Morgan fingerprint density at radius 3 is 2.76 bits per heavy atom. The number of H-pyrrole nitrogens is 1. The van der Waals surface area contributed by atoms with Gasteiger partial charge in [0.1, 0.15) is 5.82 Å². The number of rotatable bonds is 7. The van der Waals surface area contributed by atoms with E-state index in [1.54, 1.807) is 12.1 Å². The summed E-state index contributed by atoms with van der Waals surface area (Å²) in [6, 6.07) is 12.8. The molecule has 7 heteroatoms. The van der Waals surface area contributed by atoms with Crippen LogP contribution in [0.3, 0.4) is 0 Å². The molecule has 1 atom stereocenters. The van der Waals surface area contributed by atoms with Gasteiger partial charge in [-0.1, -0.05) is 36.7 Å². The number of benzene rings is 2. The van der Waals surface area contributed by atoms with Gasteiger partial charge < -0.3 is 10.3 Å². The Kier molecular flexibility index (Phi) is 6.67. The SMILES string of the molecule is CCC(C)N(CC(=O)Nc1ccc(C)c(Cl)c1)Cc1nc2ccccc2c(=O)[nH]1. The Labute approximate surface area is 174 Å². The number of hydrogen-bond acceptors (Lipinski definition) is 4. The predicted molar refractivity (Wildman–Crippen MR) is 117 cm³/mol. The van der Waals surface area contributed by atoms with Crippen LogP contribution in [0.4, 0.5) is 5.69 Å². The number of aromatic nitrogens is 2. The van der Waals surface area contributed by atoms with Gasteiger partial charge in [0.05, 0.1) is 24.0 Å². The second-order valence-electron chi connectivity index (χ2n) is 7.20. The molecule has 2 aromatic carbocycles. The Bertz CT molecular complexity index is 1080. The van der Waals surface area contributed by atoms with Gasteiger partial charge in [-0.15, -0.1) is 0 Å². The van der Waals surface area contributed by atoms with Crippen molar-refractivity contribution in [1.82, 2.24) is 14.9 Å². The first kappa shape index (κ1) is 21.0. The van der Waals surface area contributed by atoms with Gasteiger partial charge in [0.25, 0.3) is 5.56 Å². The molecule has 0 saturated carbocycles. The van der Waals surface area contributed by atoms with Crippen LogP contribution in [-0.4, -0.2) is 33.4 Å². The summed E-state index contributed by atoms with van der Waals surface area (Å²) in [7, 11) is 0. The Hall–Kier alpha value is -2.70. The van der Waals surface area contributed by atoms with Crippen molar-refractivity contribution in [2.24, 2.45) is 0 Å². The van der Waals surface area contributed by atoms with Crippen LogP contribution in [0, 0.1) is 6.92 Å². The normalized spacial score (nSPS) is 12.3. The maximum Gasteiger partial charge on any atom is 0.258 e. The summed E-state index contributed by atoms with van der Waals surface area (Å²) in [5.41, 5.74) is 2.09. The first-order chi connectivity index (χ1) is 13.9. The molecule has 0 spiro atoms. The van der Waals surface area contributed by atoms with Crippen LogP contribution in [0.5, 0.6) is 0 Å². The Morgan fingerprint density at radius 1 is 1.28 bits per heavy atom. The van der Waals surface area contributed by atoms with Gasteiger partial charge in [0.2, 0.25) is 5.91 Å². The van der Waals surface area contributed by atoms with Crippen molar-refractivity contribution < 1.29 is 4.79 Å². The molecule has 2 N–H and O–H groups in total. The maximum atomic E-state index is 12.6. The Balaban J connectivity index is 1.76. The van der Waals surface area contributed by atoms with E-state index >= 15 is 0 Å². The number of amides is 1. The highest BCUT2D eigenvalue weighted by molar-refractivity contribution is 6.31. The highest BCUT2D eigenvalue weighted by Gasteiger charge is 2.18. The third-order valence-corrected chi connectivity index (χ3v) is 5.44. The molecule has 3 rings (SSSR count). The number of carbonyl (C=O) groups is 1. The maximum absolute atomic E-state index is 12.6. The molecule has 1 heterocycles. The zero-order valence-electron chi connectivity index (χ0n) is 16.8. The molecule has 1 unspecified atom stereocenters. The highest BCUT2D eigenvalue weighted by atomic mass is 35.5. The number of aryl methyl sites for hydroxylation is 1. The summed E-state index contributed by atoms with van der Waals surface area (Å²) in [4.78, 5) is 34.4. The third kappa shape index (κ3) is 5.22. The average Bonchev–Trinajstić information content (AvgIpc) is 2.69. The fourth-order valence-electron chi connectivity index (χ4n) is 3.08. The number of halogens is 1. The number of aromatic amines is 1.